The number of likely N-dealkylation sites (tertiary alicyclic amines) is 1. The highest BCUT2D eigenvalue weighted by atomic mass is 35.7. The minimum atomic E-state index is -3.59. The van der Waals surface area contributed by atoms with Crippen LogP contribution in [0.15, 0.2) is 60.7 Å². The predicted octanol–water partition coefficient (Wildman–Crippen LogP) is 3.22. The molecule has 22 heavy (non-hydrogen) atoms. The molecule has 1 heterocycles. The Hall–Kier alpha value is -1.36. The molecule has 5 heteroatoms. The normalized spacial score (nSPS) is 22.8. The van der Waals surface area contributed by atoms with Crippen LogP contribution in [-0.4, -0.2) is 31.7 Å². The molecule has 1 aliphatic heterocycles. The molecule has 3 nitrogen and oxygen atoms in total. The van der Waals surface area contributed by atoms with Crippen molar-refractivity contribution in [3.8, 4) is 0 Å². The van der Waals surface area contributed by atoms with Gasteiger partial charge in [0.15, 0.2) is 0 Å². The van der Waals surface area contributed by atoms with Crippen molar-refractivity contribution in [2.75, 3.05) is 13.1 Å². The summed E-state index contributed by atoms with van der Waals surface area (Å²) in [4.78, 5) is 2.16. The Balaban J connectivity index is 1.83. The number of benzene rings is 2. The first-order valence-corrected chi connectivity index (χ1v) is 9.66. The van der Waals surface area contributed by atoms with Crippen LogP contribution in [0.3, 0.4) is 0 Å². The van der Waals surface area contributed by atoms with E-state index in [1.54, 1.807) is 0 Å². The van der Waals surface area contributed by atoms with E-state index in [1.165, 1.54) is 5.56 Å². The highest BCUT2D eigenvalue weighted by molar-refractivity contribution is 8.14. The van der Waals surface area contributed by atoms with Gasteiger partial charge in [-0.15, -0.1) is 0 Å². The fourth-order valence-electron chi connectivity index (χ4n) is 3.13. The van der Waals surface area contributed by atoms with E-state index in [9.17, 15) is 8.42 Å². The Kier molecular flexibility index (Phi) is 4.52. The van der Waals surface area contributed by atoms with E-state index in [0.717, 1.165) is 12.1 Å². The maximum atomic E-state index is 12.0. The molecule has 0 aromatic heterocycles. The van der Waals surface area contributed by atoms with Crippen LogP contribution in [0.5, 0.6) is 0 Å². The number of nitrogens with zero attached hydrogens (tertiary/aromatic N) is 1. The van der Waals surface area contributed by atoms with Gasteiger partial charge in [0.1, 0.15) is 0 Å². The lowest BCUT2D eigenvalue weighted by atomic mass is 9.98. The quantitative estimate of drug-likeness (QED) is 0.805. The van der Waals surface area contributed by atoms with Gasteiger partial charge in [0.2, 0.25) is 9.05 Å². The van der Waals surface area contributed by atoms with Crippen molar-refractivity contribution in [2.24, 2.45) is 0 Å². The van der Waals surface area contributed by atoms with Crippen LogP contribution in [-0.2, 0) is 15.6 Å². The lowest BCUT2D eigenvalue weighted by Gasteiger charge is -2.16. The lowest BCUT2D eigenvalue weighted by Crippen LogP contribution is -2.25. The third-order valence-electron chi connectivity index (χ3n) is 4.18. The summed E-state index contributed by atoms with van der Waals surface area (Å²) in [5, 5.41) is -0.555. The van der Waals surface area contributed by atoms with Gasteiger partial charge in [-0.05, 0) is 11.1 Å². The number of hydrogen-bond acceptors (Lipinski definition) is 3. The molecule has 1 saturated heterocycles. The molecular weight excluding hydrogens is 318 g/mol. The average Bonchev–Trinajstić information content (AvgIpc) is 2.93. The van der Waals surface area contributed by atoms with Gasteiger partial charge < -0.3 is 0 Å². The first kappa shape index (κ1) is 15.5. The summed E-state index contributed by atoms with van der Waals surface area (Å²) < 4.78 is 23.9. The fourth-order valence-corrected chi connectivity index (χ4v) is 4.69. The molecule has 0 N–H and O–H groups in total. The summed E-state index contributed by atoms with van der Waals surface area (Å²) in [5.74, 6) is -0.0765. The molecule has 0 amide bonds. The summed E-state index contributed by atoms with van der Waals surface area (Å²) >= 11 is 0. The molecule has 2 aromatic rings. The minimum Gasteiger partial charge on any atom is -0.297 e. The van der Waals surface area contributed by atoms with E-state index in [4.69, 9.17) is 10.7 Å². The van der Waals surface area contributed by atoms with Gasteiger partial charge in [-0.3, -0.25) is 4.90 Å². The molecule has 1 aliphatic rings. The summed E-state index contributed by atoms with van der Waals surface area (Å²) in [7, 11) is 2.10. The fraction of sp³-hybridized carbons (Fsp3) is 0.294. The Morgan fingerprint density at radius 3 is 2.14 bits per heavy atom. The zero-order valence-corrected chi connectivity index (χ0v) is 13.7. The standard InChI is InChI=1S/C17H18ClNO2S/c18-22(20,21)17-13-19(11-14-7-3-1-4-8-14)12-16(17)15-9-5-2-6-10-15/h1-10,16-17H,11-13H2/t16-,17+/m0/s1. The molecular formula is C17H18ClNO2S. The van der Waals surface area contributed by atoms with Crippen LogP contribution in [0.25, 0.3) is 0 Å². The highest BCUT2D eigenvalue weighted by Crippen LogP contribution is 2.34. The van der Waals surface area contributed by atoms with Gasteiger partial charge in [-0.2, -0.15) is 0 Å². The van der Waals surface area contributed by atoms with Crippen molar-refractivity contribution in [2.45, 2.75) is 17.7 Å². The first-order chi connectivity index (χ1) is 10.5. The third-order valence-corrected chi connectivity index (χ3v) is 6.07. The summed E-state index contributed by atoms with van der Waals surface area (Å²) in [6.45, 7) is 1.92. The second kappa shape index (κ2) is 6.41. The third kappa shape index (κ3) is 3.51. The molecule has 2 atom stereocenters. The Morgan fingerprint density at radius 2 is 1.55 bits per heavy atom. The zero-order chi connectivity index (χ0) is 15.6. The number of rotatable bonds is 4. The molecule has 0 unspecified atom stereocenters. The molecule has 2 aromatic carbocycles. The number of hydrogen-bond donors (Lipinski definition) is 0. The van der Waals surface area contributed by atoms with Crippen molar-refractivity contribution >= 4 is 19.7 Å². The Bertz CT molecular complexity index is 719. The predicted molar refractivity (Wildman–Crippen MR) is 89.5 cm³/mol. The second-order valence-corrected chi connectivity index (χ2v) is 8.56. The van der Waals surface area contributed by atoms with E-state index >= 15 is 0 Å². The van der Waals surface area contributed by atoms with Crippen LogP contribution in [0.1, 0.15) is 17.0 Å². The average molecular weight is 336 g/mol. The molecule has 0 spiro atoms. The first-order valence-electron chi connectivity index (χ1n) is 7.29. The highest BCUT2D eigenvalue weighted by Gasteiger charge is 2.41. The Labute approximate surface area is 135 Å². The van der Waals surface area contributed by atoms with Crippen molar-refractivity contribution in [3.05, 3.63) is 71.8 Å². The van der Waals surface area contributed by atoms with Crippen molar-refractivity contribution in [3.63, 3.8) is 0 Å². The second-order valence-electron chi connectivity index (χ2n) is 5.71. The largest absolute Gasteiger partial charge is 0.297 e. The van der Waals surface area contributed by atoms with Crippen LogP contribution in [0, 0.1) is 0 Å². The molecule has 116 valence electrons. The molecule has 3 rings (SSSR count). The lowest BCUT2D eigenvalue weighted by molar-refractivity contribution is 0.327. The van der Waals surface area contributed by atoms with E-state index in [-0.39, 0.29) is 5.92 Å². The van der Waals surface area contributed by atoms with E-state index < -0.39 is 14.3 Å². The topological polar surface area (TPSA) is 37.4 Å². The van der Waals surface area contributed by atoms with Crippen molar-refractivity contribution < 1.29 is 8.42 Å². The van der Waals surface area contributed by atoms with Crippen LogP contribution < -0.4 is 0 Å². The van der Waals surface area contributed by atoms with Crippen LogP contribution in [0.4, 0.5) is 0 Å². The SMILES string of the molecule is O=S(=O)(Cl)[C@@H]1CN(Cc2ccccc2)C[C@H]1c1ccccc1. The van der Waals surface area contributed by atoms with Crippen LogP contribution in [0.2, 0.25) is 0 Å². The van der Waals surface area contributed by atoms with Gasteiger partial charge in [0.05, 0.1) is 5.25 Å². The summed E-state index contributed by atoms with van der Waals surface area (Å²) in [5.41, 5.74) is 2.22. The molecule has 0 bridgehead atoms. The number of halogens is 1. The zero-order valence-electron chi connectivity index (χ0n) is 12.1. The van der Waals surface area contributed by atoms with Gasteiger partial charge in [-0.25, -0.2) is 8.42 Å². The maximum absolute atomic E-state index is 12.0. The summed E-state index contributed by atoms with van der Waals surface area (Å²) in [6.07, 6.45) is 0. The van der Waals surface area contributed by atoms with Crippen molar-refractivity contribution in [1.82, 2.24) is 4.90 Å². The van der Waals surface area contributed by atoms with Gasteiger partial charge in [0.25, 0.3) is 0 Å². The van der Waals surface area contributed by atoms with Crippen molar-refractivity contribution in [1.29, 1.82) is 0 Å². The smallest absolute Gasteiger partial charge is 0.237 e. The molecule has 0 aliphatic carbocycles. The van der Waals surface area contributed by atoms with Gasteiger partial charge >= 0.3 is 0 Å². The van der Waals surface area contributed by atoms with E-state index in [0.29, 0.717) is 13.1 Å². The van der Waals surface area contributed by atoms with E-state index in [2.05, 4.69) is 17.0 Å². The van der Waals surface area contributed by atoms with E-state index in [1.807, 2.05) is 48.5 Å². The molecule has 0 saturated carbocycles. The maximum Gasteiger partial charge on any atom is 0.237 e. The molecule has 0 radical (unpaired) electrons. The molecule has 1 fully saturated rings. The van der Waals surface area contributed by atoms with Crippen LogP contribution >= 0.6 is 10.7 Å². The monoisotopic (exact) mass is 335 g/mol. The summed E-state index contributed by atoms with van der Waals surface area (Å²) in [6, 6.07) is 19.8. The van der Waals surface area contributed by atoms with Gasteiger partial charge in [-0.1, -0.05) is 60.7 Å². The Morgan fingerprint density at radius 1 is 0.955 bits per heavy atom. The van der Waals surface area contributed by atoms with Gasteiger partial charge in [0, 0.05) is 36.2 Å². The minimum absolute atomic E-state index is 0.0765.